The van der Waals surface area contributed by atoms with Crippen LogP contribution in [0.1, 0.15) is 30.7 Å². The number of rotatable bonds is 6. The number of aryl methyl sites for hydroxylation is 1. The summed E-state index contributed by atoms with van der Waals surface area (Å²) in [4.78, 5) is 22.5. The van der Waals surface area contributed by atoms with Gasteiger partial charge >= 0.3 is 6.03 Å². The minimum absolute atomic E-state index is 0.190. The molecule has 150 valence electrons. The fourth-order valence-corrected chi connectivity index (χ4v) is 3.36. The predicted molar refractivity (Wildman–Crippen MR) is 101 cm³/mol. The minimum atomic E-state index is -0.557. The van der Waals surface area contributed by atoms with Crippen molar-refractivity contribution in [2.24, 2.45) is 5.92 Å². The summed E-state index contributed by atoms with van der Waals surface area (Å²) in [6, 6.07) is 5.17. The lowest BCUT2D eigenvalue weighted by Gasteiger charge is -2.32. The van der Waals surface area contributed by atoms with Crippen molar-refractivity contribution in [3.8, 4) is 0 Å². The largest absolute Gasteiger partial charge is 0.377 e. The number of amides is 2. The smallest absolute Gasteiger partial charge is 0.323 e. The highest BCUT2D eigenvalue weighted by Gasteiger charge is 2.23. The molecule has 1 aromatic carbocycles. The van der Waals surface area contributed by atoms with E-state index in [0.29, 0.717) is 42.6 Å². The van der Waals surface area contributed by atoms with Crippen LogP contribution in [0.3, 0.4) is 0 Å². The summed E-state index contributed by atoms with van der Waals surface area (Å²) in [6.45, 7) is 1.56. The van der Waals surface area contributed by atoms with Gasteiger partial charge in [0.2, 0.25) is 0 Å². The van der Waals surface area contributed by atoms with Crippen molar-refractivity contribution in [3.05, 3.63) is 53.5 Å². The van der Waals surface area contributed by atoms with Crippen LogP contribution in [0.2, 0.25) is 0 Å². The molecule has 1 saturated heterocycles. The highest BCUT2D eigenvalue weighted by molar-refractivity contribution is 5.88. The van der Waals surface area contributed by atoms with Crippen molar-refractivity contribution in [1.29, 1.82) is 0 Å². The molecule has 8 heteroatoms. The molecule has 0 aliphatic carbocycles. The molecule has 0 radical (unpaired) electrons. The van der Waals surface area contributed by atoms with Crippen LogP contribution < -0.4 is 5.32 Å². The van der Waals surface area contributed by atoms with Crippen molar-refractivity contribution in [2.75, 3.05) is 25.5 Å². The number of nitrogens with zero attached hydrogens (tertiary/aromatic N) is 3. The number of nitrogens with one attached hydrogen (secondary N) is 1. The number of benzene rings is 1. The molecule has 28 heavy (non-hydrogen) atoms. The molecule has 6 nitrogen and oxygen atoms in total. The van der Waals surface area contributed by atoms with E-state index in [-0.39, 0.29) is 12.6 Å². The summed E-state index contributed by atoms with van der Waals surface area (Å²) >= 11 is 0. The second-order valence-corrected chi connectivity index (χ2v) is 6.93. The van der Waals surface area contributed by atoms with E-state index in [1.807, 2.05) is 0 Å². The Morgan fingerprint density at radius 2 is 2.07 bits per heavy atom. The number of anilines is 1. The lowest BCUT2D eigenvalue weighted by Crippen LogP contribution is -2.41. The normalized spacial score (nSPS) is 14.9. The fraction of sp³-hybridized carbons (Fsp3) is 0.450. The molecule has 1 aliphatic rings. The molecule has 0 saturated carbocycles. The number of hydrogen-bond donors (Lipinski definition) is 1. The third-order valence-corrected chi connectivity index (χ3v) is 4.95. The van der Waals surface area contributed by atoms with Gasteiger partial charge in [0.1, 0.15) is 24.1 Å². The second-order valence-electron chi connectivity index (χ2n) is 6.93. The first kappa shape index (κ1) is 20.1. The highest BCUT2D eigenvalue weighted by Crippen LogP contribution is 2.24. The molecule has 1 aromatic heterocycles. The van der Waals surface area contributed by atoms with Gasteiger partial charge in [-0.3, -0.25) is 5.32 Å². The molecule has 2 heterocycles. The van der Waals surface area contributed by atoms with Gasteiger partial charge in [0.15, 0.2) is 5.82 Å². The van der Waals surface area contributed by atoms with Crippen LogP contribution in [0.25, 0.3) is 0 Å². The number of likely N-dealkylation sites (tertiary alicyclic amines) is 1. The topological polar surface area (TPSA) is 67.3 Å². The average molecular weight is 390 g/mol. The Balaban J connectivity index is 1.45. The molecule has 0 atom stereocenters. The Morgan fingerprint density at radius 3 is 2.79 bits per heavy atom. The first-order chi connectivity index (χ1) is 13.5. The second kappa shape index (κ2) is 9.54. The molecule has 1 N–H and O–H groups in total. The van der Waals surface area contributed by atoms with Crippen LogP contribution in [0.5, 0.6) is 0 Å². The van der Waals surface area contributed by atoms with Gasteiger partial charge in [-0.05, 0) is 49.3 Å². The van der Waals surface area contributed by atoms with Crippen LogP contribution in [0.15, 0.2) is 30.5 Å². The predicted octanol–water partition coefficient (Wildman–Crippen LogP) is 3.78. The quantitative estimate of drug-likeness (QED) is 0.815. The Hall–Kier alpha value is -2.61. The van der Waals surface area contributed by atoms with E-state index in [2.05, 4.69) is 15.3 Å². The first-order valence-corrected chi connectivity index (χ1v) is 9.36. The molecule has 0 bridgehead atoms. The van der Waals surface area contributed by atoms with Gasteiger partial charge in [-0.25, -0.2) is 23.5 Å². The molecule has 1 fully saturated rings. The summed E-state index contributed by atoms with van der Waals surface area (Å²) in [5.74, 6) is 0.321. The zero-order valence-corrected chi connectivity index (χ0v) is 15.8. The van der Waals surface area contributed by atoms with Gasteiger partial charge in [0.05, 0.1) is 0 Å². The van der Waals surface area contributed by atoms with Gasteiger partial charge < -0.3 is 9.64 Å². The minimum Gasteiger partial charge on any atom is -0.377 e. The standard InChI is InChI=1S/C20H24F2N4O2/c1-28-13-19-23-9-6-18(24-19)25-20(27)26-10-7-14(8-11-26)2-3-15-4-5-16(21)12-17(15)22/h4-6,9,12,14H,2-3,7-8,10-11,13H2,1H3,(H,23,24,25,27). The molecule has 1 aliphatic heterocycles. The first-order valence-electron chi connectivity index (χ1n) is 9.36. The molecule has 2 amide bonds. The number of halogens is 2. The van der Waals surface area contributed by atoms with Crippen molar-refractivity contribution in [2.45, 2.75) is 32.3 Å². The molecule has 0 spiro atoms. The van der Waals surface area contributed by atoms with E-state index < -0.39 is 11.6 Å². The van der Waals surface area contributed by atoms with E-state index in [9.17, 15) is 13.6 Å². The lowest BCUT2D eigenvalue weighted by molar-refractivity contribution is 0.177. The van der Waals surface area contributed by atoms with Gasteiger partial charge in [0, 0.05) is 32.5 Å². The van der Waals surface area contributed by atoms with E-state index in [1.54, 1.807) is 24.3 Å². The third-order valence-electron chi connectivity index (χ3n) is 4.95. The average Bonchev–Trinajstić information content (AvgIpc) is 2.68. The Morgan fingerprint density at radius 1 is 1.29 bits per heavy atom. The van der Waals surface area contributed by atoms with Crippen molar-refractivity contribution >= 4 is 11.8 Å². The molecule has 2 aromatic rings. The van der Waals surface area contributed by atoms with E-state index in [1.165, 1.54) is 12.1 Å². The van der Waals surface area contributed by atoms with Crippen LogP contribution in [-0.2, 0) is 17.8 Å². The van der Waals surface area contributed by atoms with Gasteiger partial charge in [-0.2, -0.15) is 0 Å². The Bertz CT molecular complexity index is 811. The van der Waals surface area contributed by atoms with Gasteiger partial charge in [-0.1, -0.05) is 6.07 Å². The Kier molecular flexibility index (Phi) is 6.86. The highest BCUT2D eigenvalue weighted by atomic mass is 19.1. The maximum Gasteiger partial charge on any atom is 0.323 e. The number of methoxy groups -OCH3 is 1. The molecular weight excluding hydrogens is 366 g/mol. The summed E-state index contributed by atoms with van der Waals surface area (Å²) in [5.41, 5.74) is 0.539. The van der Waals surface area contributed by atoms with Crippen LogP contribution in [0, 0.1) is 17.6 Å². The number of aromatic nitrogens is 2. The van der Waals surface area contributed by atoms with Crippen LogP contribution >= 0.6 is 0 Å². The summed E-state index contributed by atoms with van der Waals surface area (Å²) in [5, 5.41) is 2.79. The van der Waals surface area contributed by atoms with E-state index >= 15 is 0 Å². The van der Waals surface area contributed by atoms with Crippen LogP contribution in [-0.4, -0.2) is 41.1 Å². The van der Waals surface area contributed by atoms with Gasteiger partial charge in [0.25, 0.3) is 0 Å². The molecular formula is C20H24F2N4O2. The number of carbonyl (C=O) groups is 1. The number of carbonyl (C=O) groups excluding carboxylic acids is 1. The number of urea groups is 1. The van der Waals surface area contributed by atoms with Crippen molar-refractivity contribution in [3.63, 3.8) is 0 Å². The van der Waals surface area contributed by atoms with E-state index in [4.69, 9.17) is 4.74 Å². The zero-order valence-electron chi connectivity index (χ0n) is 15.8. The number of hydrogen-bond acceptors (Lipinski definition) is 4. The summed E-state index contributed by atoms with van der Waals surface area (Å²) in [7, 11) is 1.56. The lowest BCUT2D eigenvalue weighted by atomic mass is 9.90. The summed E-state index contributed by atoms with van der Waals surface area (Å²) < 4.78 is 31.7. The number of piperidine rings is 1. The SMILES string of the molecule is COCc1nccc(NC(=O)N2CCC(CCc3ccc(F)cc3F)CC2)n1. The van der Waals surface area contributed by atoms with E-state index in [0.717, 1.165) is 25.3 Å². The maximum atomic E-state index is 13.7. The van der Waals surface area contributed by atoms with Crippen LogP contribution in [0.4, 0.5) is 19.4 Å². The van der Waals surface area contributed by atoms with Crippen molar-refractivity contribution in [1.82, 2.24) is 14.9 Å². The fourth-order valence-electron chi connectivity index (χ4n) is 3.36. The molecule has 0 unspecified atom stereocenters. The third kappa shape index (κ3) is 5.45. The molecule has 3 rings (SSSR count). The number of ether oxygens (including phenoxy) is 1. The zero-order chi connectivity index (χ0) is 19.9. The maximum absolute atomic E-state index is 13.7. The monoisotopic (exact) mass is 390 g/mol. The van der Waals surface area contributed by atoms with Gasteiger partial charge in [-0.15, -0.1) is 0 Å². The Labute approximate surface area is 162 Å². The summed E-state index contributed by atoms with van der Waals surface area (Å²) in [6.07, 6.45) is 4.69. The van der Waals surface area contributed by atoms with Crippen molar-refractivity contribution < 1.29 is 18.3 Å².